The summed E-state index contributed by atoms with van der Waals surface area (Å²) in [5, 5.41) is 3.91. The van der Waals surface area contributed by atoms with Crippen molar-refractivity contribution in [1.82, 2.24) is 9.78 Å². The molecule has 108 valence electrons. The maximum atomic E-state index is 12.4. The molecule has 0 amide bonds. The van der Waals surface area contributed by atoms with Crippen molar-refractivity contribution in [3.05, 3.63) is 32.8 Å². The molecule has 0 saturated heterocycles. The number of nitrogen functional groups attached to an aromatic ring is 1. The molecule has 0 atom stereocenters. The van der Waals surface area contributed by atoms with Crippen LogP contribution in [0.4, 0.5) is 11.5 Å². The summed E-state index contributed by atoms with van der Waals surface area (Å²) < 4.78 is 30.2. The van der Waals surface area contributed by atoms with E-state index >= 15 is 0 Å². The fourth-order valence-electron chi connectivity index (χ4n) is 1.71. The third-order valence-corrected chi connectivity index (χ3v) is 5.43. The molecule has 0 saturated carbocycles. The second-order valence-corrected chi connectivity index (χ2v) is 7.54. The highest BCUT2D eigenvalue weighted by Crippen LogP contribution is 2.30. The Balaban J connectivity index is 2.46. The van der Waals surface area contributed by atoms with Gasteiger partial charge in [0.05, 0.1) is 11.4 Å². The molecule has 2 aromatic rings. The van der Waals surface area contributed by atoms with Gasteiger partial charge in [-0.1, -0.05) is 15.9 Å². The summed E-state index contributed by atoms with van der Waals surface area (Å²) in [7, 11) is -2.15. The SMILES string of the molecule is Cc1c(S(=O)(=O)Nc2ccc(Br)cc2Br)c(N)nn1C. The summed E-state index contributed by atoms with van der Waals surface area (Å²) in [6, 6.07) is 5.13. The van der Waals surface area contributed by atoms with Crippen LogP contribution >= 0.6 is 31.9 Å². The molecule has 0 unspecified atom stereocenters. The van der Waals surface area contributed by atoms with Crippen LogP contribution in [0.25, 0.3) is 0 Å². The van der Waals surface area contributed by atoms with E-state index in [1.54, 1.807) is 32.2 Å². The van der Waals surface area contributed by atoms with Gasteiger partial charge in [0.25, 0.3) is 10.0 Å². The zero-order valence-corrected chi connectivity index (χ0v) is 14.7. The van der Waals surface area contributed by atoms with Crippen LogP contribution in [-0.4, -0.2) is 18.2 Å². The van der Waals surface area contributed by atoms with E-state index in [1.807, 2.05) is 0 Å². The van der Waals surface area contributed by atoms with Crippen molar-refractivity contribution in [2.24, 2.45) is 7.05 Å². The molecule has 20 heavy (non-hydrogen) atoms. The highest BCUT2D eigenvalue weighted by atomic mass is 79.9. The van der Waals surface area contributed by atoms with Gasteiger partial charge in [-0.05, 0) is 41.1 Å². The van der Waals surface area contributed by atoms with E-state index in [9.17, 15) is 8.42 Å². The molecule has 0 bridgehead atoms. The van der Waals surface area contributed by atoms with Crippen LogP contribution in [0.15, 0.2) is 32.0 Å². The van der Waals surface area contributed by atoms with Gasteiger partial charge in [-0.3, -0.25) is 9.40 Å². The number of nitrogens with one attached hydrogen (secondary N) is 1. The molecule has 6 nitrogen and oxygen atoms in total. The van der Waals surface area contributed by atoms with Crippen molar-refractivity contribution in [2.75, 3.05) is 10.5 Å². The maximum Gasteiger partial charge on any atom is 0.267 e. The number of aryl methyl sites for hydroxylation is 1. The number of aromatic nitrogens is 2. The Morgan fingerprint density at radius 1 is 1.35 bits per heavy atom. The zero-order valence-electron chi connectivity index (χ0n) is 10.7. The number of benzene rings is 1. The number of hydrogen-bond acceptors (Lipinski definition) is 4. The number of hydrogen-bond donors (Lipinski definition) is 2. The highest BCUT2D eigenvalue weighted by molar-refractivity contribution is 9.11. The van der Waals surface area contributed by atoms with Gasteiger partial charge < -0.3 is 5.73 Å². The average Bonchev–Trinajstić information content (AvgIpc) is 2.57. The molecule has 0 spiro atoms. The van der Waals surface area contributed by atoms with Gasteiger partial charge in [0.15, 0.2) is 10.7 Å². The van der Waals surface area contributed by atoms with Gasteiger partial charge in [0, 0.05) is 16.0 Å². The van der Waals surface area contributed by atoms with Crippen LogP contribution in [0.2, 0.25) is 0 Å². The summed E-state index contributed by atoms with van der Waals surface area (Å²) in [6.45, 7) is 1.65. The van der Waals surface area contributed by atoms with Gasteiger partial charge >= 0.3 is 0 Å². The number of halogens is 2. The second kappa shape index (κ2) is 5.38. The van der Waals surface area contributed by atoms with Crippen LogP contribution < -0.4 is 10.5 Å². The second-order valence-electron chi connectivity index (χ2n) is 4.15. The predicted molar refractivity (Wildman–Crippen MR) is 85.0 cm³/mol. The predicted octanol–water partition coefficient (Wildman–Crippen LogP) is 2.64. The lowest BCUT2D eigenvalue weighted by Crippen LogP contribution is -2.15. The quantitative estimate of drug-likeness (QED) is 0.793. The lowest BCUT2D eigenvalue weighted by Gasteiger charge is -2.10. The molecule has 1 aromatic carbocycles. The number of anilines is 2. The van der Waals surface area contributed by atoms with Crippen molar-refractivity contribution in [2.45, 2.75) is 11.8 Å². The molecule has 2 rings (SSSR count). The third-order valence-electron chi connectivity index (χ3n) is 2.75. The van der Waals surface area contributed by atoms with Crippen LogP contribution in [0.3, 0.4) is 0 Å². The van der Waals surface area contributed by atoms with Crippen molar-refractivity contribution in [3.8, 4) is 0 Å². The summed E-state index contributed by atoms with van der Waals surface area (Å²) in [5.41, 5.74) is 6.58. The molecule has 1 heterocycles. The minimum Gasteiger partial charge on any atom is -0.381 e. The van der Waals surface area contributed by atoms with E-state index in [1.165, 1.54) is 4.68 Å². The molecule has 0 aliphatic carbocycles. The van der Waals surface area contributed by atoms with E-state index in [2.05, 4.69) is 41.7 Å². The molecule has 3 N–H and O–H groups in total. The number of sulfonamides is 1. The van der Waals surface area contributed by atoms with Crippen molar-refractivity contribution in [3.63, 3.8) is 0 Å². The molecule has 0 aliphatic rings. The van der Waals surface area contributed by atoms with E-state index < -0.39 is 10.0 Å². The molecule has 0 fully saturated rings. The number of nitrogens with zero attached hydrogens (tertiary/aromatic N) is 2. The lowest BCUT2D eigenvalue weighted by atomic mass is 10.3. The zero-order chi connectivity index (χ0) is 15.1. The van der Waals surface area contributed by atoms with Crippen LogP contribution in [0.5, 0.6) is 0 Å². The van der Waals surface area contributed by atoms with Crippen LogP contribution in [-0.2, 0) is 17.1 Å². The van der Waals surface area contributed by atoms with Crippen molar-refractivity contribution >= 4 is 53.4 Å². The highest BCUT2D eigenvalue weighted by Gasteiger charge is 2.25. The van der Waals surface area contributed by atoms with Gasteiger partial charge in [-0.2, -0.15) is 5.10 Å². The maximum absolute atomic E-state index is 12.4. The lowest BCUT2D eigenvalue weighted by molar-refractivity contribution is 0.600. The number of nitrogens with two attached hydrogens (primary N) is 1. The molecule has 9 heteroatoms. The van der Waals surface area contributed by atoms with Crippen molar-refractivity contribution < 1.29 is 8.42 Å². The molecule has 0 radical (unpaired) electrons. The molecule has 1 aromatic heterocycles. The largest absolute Gasteiger partial charge is 0.381 e. The van der Waals surface area contributed by atoms with E-state index in [-0.39, 0.29) is 10.7 Å². The summed E-state index contributed by atoms with van der Waals surface area (Å²) in [6.07, 6.45) is 0. The molecular formula is C11H12Br2N4O2S. The van der Waals surface area contributed by atoms with Crippen molar-refractivity contribution in [1.29, 1.82) is 0 Å². The third kappa shape index (κ3) is 2.84. The Labute approximate surface area is 133 Å². The first-order valence-electron chi connectivity index (χ1n) is 5.49. The summed E-state index contributed by atoms with van der Waals surface area (Å²) in [4.78, 5) is -0.00480. The fraction of sp³-hybridized carbons (Fsp3) is 0.182. The minimum absolute atomic E-state index is 0.00480. The Kier molecular flexibility index (Phi) is 4.12. The van der Waals surface area contributed by atoms with E-state index in [0.717, 1.165) is 4.47 Å². The monoisotopic (exact) mass is 422 g/mol. The topological polar surface area (TPSA) is 90.0 Å². The first kappa shape index (κ1) is 15.3. The Hall–Kier alpha value is -1.06. The number of rotatable bonds is 3. The van der Waals surface area contributed by atoms with Crippen LogP contribution in [0, 0.1) is 6.92 Å². The van der Waals surface area contributed by atoms with Gasteiger partial charge in [-0.25, -0.2) is 8.42 Å². The summed E-state index contributed by atoms with van der Waals surface area (Å²) in [5.74, 6) is -0.0225. The van der Waals surface area contributed by atoms with Gasteiger partial charge in [0.2, 0.25) is 0 Å². The fourth-order valence-corrected chi connectivity index (χ4v) is 4.40. The van der Waals surface area contributed by atoms with Gasteiger partial charge in [0.1, 0.15) is 0 Å². The van der Waals surface area contributed by atoms with Gasteiger partial charge in [-0.15, -0.1) is 0 Å². The molecular weight excluding hydrogens is 412 g/mol. The first-order valence-corrected chi connectivity index (χ1v) is 8.56. The average molecular weight is 424 g/mol. The minimum atomic E-state index is -3.79. The Bertz CT molecular complexity index is 771. The standard InChI is InChI=1S/C11H12Br2N4O2S/c1-6-10(11(14)15-17(6)2)20(18,19)16-9-4-3-7(12)5-8(9)13/h3-5,16H,1-2H3,(H2,14,15). The summed E-state index contributed by atoms with van der Waals surface area (Å²) >= 11 is 6.61. The van der Waals surface area contributed by atoms with Crippen LogP contribution in [0.1, 0.15) is 5.69 Å². The first-order chi connectivity index (χ1) is 9.22. The molecule has 0 aliphatic heterocycles. The normalized spacial score (nSPS) is 11.6. The van der Waals surface area contributed by atoms with E-state index in [0.29, 0.717) is 15.9 Å². The Morgan fingerprint density at radius 2 is 2.00 bits per heavy atom. The smallest absolute Gasteiger partial charge is 0.267 e. The Morgan fingerprint density at radius 3 is 2.50 bits per heavy atom. The van der Waals surface area contributed by atoms with E-state index in [4.69, 9.17) is 5.73 Å².